The molecule has 8 nitrogen and oxygen atoms in total. The first-order valence-corrected chi connectivity index (χ1v) is 14.3. The Morgan fingerprint density at radius 3 is 2.52 bits per heavy atom. The summed E-state index contributed by atoms with van der Waals surface area (Å²) in [5.74, 6) is 0.128. The Morgan fingerprint density at radius 1 is 0.905 bits per heavy atom. The molecule has 10 heteroatoms. The summed E-state index contributed by atoms with van der Waals surface area (Å²) in [4.78, 5) is 33.3. The summed E-state index contributed by atoms with van der Waals surface area (Å²) in [7, 11) is 0. The number of anilines is 1. The van der Waals surface area contributed by atoms with E-state index < -0.39 is 17.7 Å². The number of carbonyl (C=O) groups is 2. The minimum atomic E-state index is -0.992. The summed E-state index contributed by atoms with van der Waals surface area (Å²) in [5.41, 5.74) is 1.42. The van der Waals surface area contributed by atoms with Crippen molar-refractivity contribution in [1.82, 2.24) is 4.98 Å². The van der Waals surface area contributed by atoms with Gasteiger partial charge in [-0.2, -0.15) is 0 Å². The molecule has 0 radical (unpaired) electrons. The molecule has 0 saturated carbocycles. The molecule has 1 N–H and O–H groups in total. The normalized spacial score (nSPS) is 17.5. The zero-order chi connectivity index (χ0) is 28.8. The number of rotatable bonds is 5. The largest absolute Gasteiger partial charge is 0.507 e. The maximum atomic E-state index is 13.7. The van der Waals surface area contributed by atoms with Gasteiger partial charge in [0.05, 0.1) is 21.8 Å². The molecule has 1 amide bonds. The summed E-state index contributed by atoms with van der Waals surface area (Å²) < 4.78 is 18.1. The predicted octanol–water partition coefficient (Wildman–Crippen LogP) is 7.14. The summed E-state index contributed by atoms with van der Waals surface area (Å²) >= 11 is 7.43. The topological polar surface area (TPSA) is 98.2 Å². The third-order valence-electron chi connectivity index (χ3n) is 6.96. The van der Waals surface area contributed by atoms with Crippen molar-refractivity contribution < 1.29 is 28.9 Å². The van der Waals surface area contributed by atoms with Gasteiger partial charge >= 0.3 is 5.91 Å². The second-order valence-electron chi connectivity index (χ2n) is 9.62. The van der Waals surface area contributed by atoms with Gasteiger partial charge in [0.2, 0.25) is 0 Å². The number of para-hydroxylation sites is 1. The molecule has 2 aliphatic heterocycles. The van der Waals surface area contributed by atoms with Gasteiger partial charge in [0.15, 0.2) is 16.6 Å². The Balaban J connectivity index is 1.39. The van der Waals surface area contributed by atoms with Crippen LogP contribution in [0.15, 0.2) is 96.6 Å². The highest BCUT2D eigenvalue weighted by molar-refractivity contribution is 7.22. The molecule has 0 bridgehead atoms. The lowest BCUT2D eigenvalue weighted by Gasteiger charge is -2.23. The van der Waals surface area contributed by atoms with Crippen LogP contribution in [-0.4, -0.2) is 35.0 Å². The maximum Gasteiger partial charge on any atom is 0.301 e. The number of hydrogen-bond donors (Lipinski definition) is 1. The van der Waals surface area contributed by atoms with Crippen molar-refractivity contribution in [3.05, 3.63) is 113 Å². The number of amides is 1. The van der Waals surface area contributed by atoms with Crippen LogP contribution in [0.3, 0.4) is 0 Å². The number of halogens is 1. The van der Waals surface area contributed by atoms with Gasteiger partial charge in [-0.25, -0.2) is 4.98 Å². The minimum absolute atomic E-state index is 0.0779. The molecular weight excluding hydrogens is 576 g/mol. The fourth-order valence-corrected chi connectivity index (χ4v) is 6.32. The first kappa shape index (κ1) is 26.1. The Morgan fingerprint density at radius 2 is 1.69 bits per heavy atom. The van der Waals surface area contributed by atoms with Crippen LogP contribution in [0.25, 0.3) is 16.0 Å². The Labute approximate surface area is 249 Å². The van der Waals surface area contributed by atoms with Crippen molar-refractivity contribution in [3.63, 3.8) is 0 Å². The van der Waals surface area contributed by atoms with Gasteiger partial charge in [-0.05, 0) is 66.2 Å². The Hall–Kier alpha value is -4.86. The van der Waals surface area contributed by atoms with Crippen LogP contribution in [-0.2, 0) is 9.59 Å². The molecule has 1 saturated heterocycles. The van der Waals surface area contributed by atoms with Gasteiger partial charge in [-0.15, -0.1) is 0 Å². The molecule has 42 heavy (non-hydrogen) atoms. The highest BCUT2D eigenvalue weighted by Gasteiger charge is 2.48. The molecule has 2 aliphatic rings. The van der Waals surface area contributed by atoms with E-state index in [1.54, 1.807) is 60.7 Å². The number of benzene rings is 4. The van der Waals surface area contributed by atoms with E-state index in [-0.39, 0.29) is 11.3 Å². The van der Waals surface area contributed by atoms with Crippen molar-refractivity contribution in [2.45, 2.75) is 6.04 Å². The lowest BCUT2D eigenvalue weighted by atomic mass is 9.95. The van der Waals surface area contributed by atoms with Crippen LogP contribution in [0.5, 0.6) is 23.0 Å². The SMILES string of the molecule is O=C1C(=O)N(c2nc3ccc(Cl)cc3s2)[C@H](c2cccc(Oc3ccccc3)c2)C1=C(O)c1ccc2c(c1)OCCO2. The average molecular weight is 597 g/mol. The average Bonchev–Trinajstić information content (AvgIpc) is 3.54. The second kappa shape index (κ2) is 10.5. The van der Waals surface area contributed by atoms with Gasteiger partial charge in [0.1, 0.15) is 30.5 Å². The number of ketones is 1. The van der Waals surface area contributed by atoms with E-state index in [4.69, 9.17) is 25.8 Å². The number of aromatic nitrogens is 1. The highest BCUT2D eigenvalue weighted by atomic mass is 35.5. The van der Waals surface area contributed by atoms with E-state index in [1.807, 2.05) is 30.3 Å². The summed E-state index contributed by atoms with van der Waals surface area (Å²) in [5, 5.41) is 12.4. The quantitative estimate of drug-likeness (QED) is 0.131. The number of aliphatic hydroxyl groups excluding tert-OH is 1. The number of fused-ring (bicyclic) bond motifs is 2. The van der Waals surface area contributed by atoms with Crippen molar-refractivity contribution in [2.24, 2.45) is 0 Å². The zero-order valence-corrected chi connectivity index (χ0v) is 23.4. The molecule has 3 heterocycles. The van der Waals surface area contributed by atoms with Crippen LogP contribution in [0.1, 0.15) is 17.2 Å². The molecule has 208 valence electrons. The molecule has 7 rings (SSSR count). The molecular formula is C32H21ClN2O6S. The van der Waals surface area contributed by atoms with E-state index in [0.29, 0.717) is 63.0 Å². The molecule has 0 unspecified atom stereocenters. The molecule has 0 spiro atoms. The van der Waals surface area contributed by atoms with Gasteiger partial charge in [0, 0.05) is 10.6 Å². The fourth-order valence-electron chi connectivity index (χ4n) is 5.05. The number of hydrogen-bond acceptors (Lipinski definition) is 8. The predicted molar refractivity (Wildman–Crippen MR) is 160 cm³/mol. The van der Waals surface area contributed by atoms with Crippen LogP contribution in [0.4, 0.5) is 5.13 Å². The third-order valence-corrected chi connectivity index (χ3v) is 8.21. The summed E-state index contributed by atoms with van der Waals surface area (Å²) in [6.45, 7) is 0.773. The van der Waals surface area contributed by atoms with E-state index in [9.17, 15) is 14.7 Å². The van der Waals surface area contributed by atoms with E-state index in [0.717, 1.165) is 4.70 Å². The molecule has 4 aromatic carbocycles. The van der Waals surface area contributed by atoms with Gasteiger partial charge in [-0.1, -0.05) is 53.3 Å². The standard InChI is InChI=1S/C32H21ClN2O6S/c33-20-10-11-23-26(17-20)42-32(34-23)35-28(18-5-4-8-22(15-18)41-21-6-2-1-3-7-21)27(30(37)31(35)38)29(36)19-9-12-24-25(16-19)40-14-13-39-24/h1-12,15-17,28,36H,13-14H2/t28-/m1/s1. The van der Waals surface area contributed by atoms with Crippen molar-refractivity contribution in [3.8, 4) is 23.0 Å². The number of ether oxygens (including phenoxy) is 3. The molecule has 1 fully saturated rings. The third kappa shape index (κ3) is 4.62. The van der Waals surface area contributed by atoms with Gasteiger partial charge < -0.3 is 19.3 Å². The van der Waals surface area contributed by atoms with Gasteiger partial charge in [-0.3, -0.25) is 14.5 Å². The van der Waals surface area contributed by atoms with E-state index in [2.05, 4.69) is 4.98 Å². The smallest absolute Gasteiger partial charge is 0.301 e. The first-order chi connectivity index (χ1) is 20.5. The molecule has 1 aromatic heterocycles. The van der Waals surface area contributed by atoms with Crippen LogP contribution in [0.2, 0.25) is 5.02 Å². The second-order valence-corrected chi connectivity index (χ2v) is 11.1. The number of carbonyl (C=O) groups excluding carboxylic acids is 2. The zero-order valence-electron chi connectivity index (χ0n) is 21.8. The van der Waals surface area contributed by atoms with Crippen LogP contribution < -0.4 is 19.1 Å². The first-order valence-electron chi connectivity index (χ1n) is 13.1. The van der Waals surface area contributed by atoms with Crippen molar-refractivity contribution in [1.29, 1.82) is 0 Å². The number of thiazole rings is 1. The van der Waals surface area contributed by atoms with E-state index in [1.165, 1.54) is 16.2 Å². The highest BCUT2D eigenvalue weighted by Crippen LogP contribution is 2.46. The van der Waals surface area contributed by atoms with Crippen molar-refractivity contribution in [2.75, 3.05) is 18.1 Å². The monoisotopic (exact) mass is 596 g/mol. The Kier molecular flexibility index (Phi) is 6.53. The summed E-state index contributed by atoms with van der Waals surface area (Å²) in [6.07, 6.45) is 0. The number of Topliss-reactive ketones (excluding diaryl/α,β-unsaturated/α-hetero) is 1. The fraction of sp³-hybridized carbons (Fsp3) is 0.0938. The molecule has 0 aliphatic carbocycles. The van der Waals surface area contributed by atoms with Crippen molar-refractivity contribution >= 4 is 55.7 Å². The lowest BCUT2D eigenvalue weighted by Crippen LogP contribution is -2.29. The minimum Gasteiger partial charge on any atom is -0.507 e. The summed E-state index contributed by atoms with van der Waals surface area (Å²) in [6, 6.07) is 25.5. The number of aliphatic hydroxyl groups is 1. The van der Waals surface area contributed by atoms with Crippen LogP contribution >= 0.6 is 22.9 Å². The maximum absolute atomic E-state index is 13.7. The Bertz CT molecular complexity index is 1900. The van der Waals surface area contributed by atoms with E-state index >= 15 is 0 Å². The van der Waals surface area contributed by atoms with Gasteiger partial charge in [0.25, 0.3) is 5.78 Å². The molecule has 1 atom stereocenters. The van der Waals surface area contributed by atoms with Crippen LogP contribution in [0, 0.1) is 0 Å². The lowest BCUT2D eigenvalue weighted by molar-refractivity contribution is -0.132. The number of nitrogens with zero attached hydrogens (tertiary/aromatic N) is 2. The molecule has 5 aromatic rings.